The fourth-order valence-corrected chi connectivity index (χ4v) is 3.74. The van der Waals surface area contributed by atoms with E-state index in [9.17, 15) is 9.59 Å². The van der Waals surface area contributed by atoms with E-state index in [1.807, 2.05) is 0 Å². The van der Waals surface area contributed by atoms with Gasteiger partial charge in [0.2, 0.25) is 0 Å². The average molecular weight is 220 g/mol. The SMILES string of the molecule is CC(=O)SC1CSCC(C(=O)O)C1. The largest absolute Gasteiger partial charge is 0.481 e. The van der Waals surface area contributed by atoms with E-state index in [1.165, 1.54) is 18.7 Å². The number of carbonyl (C=O) groups excluding carboxylic acids is 1. The lowest BCUT2D eigenvalue weighted by atomic mass is 10.1. The molecular formula is C8H12O3S2. The third-order valence-electron chi connectivity index (χ3n) is 1.85. The lowest BCUT2D eigenvalue weighted by Crippen LogP contribution is -2.28. The van der Waals surface area contributed by atoms with E-state index in [-0.39, 0.29) is 16.3 Å². The third kappa shape index (κ3) is 3.60. The minimum absolute atomic E-state index is 0.0802. The number of hydrogen-bond donors (Lipinski definition) is 1. The van der Waals surface area contributed by atoms with Gasteiger partial charge in [-0.3, -0.25) is 9.59 Å². The van der Waals surface area contributed by atoms with Gasteiger partial charge in [0, 0.05) is 23.7 Å². The van der Waals surface area contributed by atoms with Crippen molar-refractivity contribution in [3.8, 4) is 0 Å². The van der Waals surface area contributed by atoms with Crippen LogP contribution in [0.4, 0.5) is 0 Å². The van der Waals surface area contributed by atoms with Crippen LogP contribution in [0.1, 0.15) is 13.3 Å². The average Bonchev–Trinajstić information content (AvgIpc) is 2.03. The molecule has 3 nitrogen and oxygen atoms in total. The van der Waals surface area contributed by atoms with E-state index in [2.05, 4.69) is 0 Å². The summed E-state index contributed by atoms with van der Waals surface area (Å²) in [5.74, 6) is 0.579. The monoisotopic (exact) mass is 220 g/mol. The molecule has 1 aliphatic rings. The number of thioether (sulfide) groups is 2. The highest BCUT2D eigenvalue weighted by Gasteiger charge is 2.28. The lowest BCUT2D eigenvalue weighted by molar-refractivity contribution is -0.141. The van der Waals surface area contributed by atoms with Gasteiger partial charge < -0.3 is 5.11 Å². The van der Waals surface area contributed by atoms with Gasteiger partial charge in [0.05, 0.1) is 5.92 Å². The fourth-order valence-electron chi connectivity index (χ4n) is 1.28. The van der Waals surface area contributed by atoms with Crippen LogP contribution in [0.3, 0.4) is 0 Å². The van der Waals surface area contributed by atoms with Crippen LogP contribution in [0.15, 0.2) is 0 Å². The molecule has 0 aromatic heterocycles. The minimum Gasteiger partial charge on any atom is -0.481 e. The molecule has 0 saturated carbocycles. The molecule has 13 heavy (non-hydrogen) atoms. The Balaban J connectivity index is 2.41. The predicted octanol–water partition coefficient (Wildman–Crippen LogP) is 1.47. The van der Waals surface area contributed by atoms with Crippen molar-refractivity contribution in [3.05, 3.63) is 0 Å². The van der Waals surface area contributed by atoms with Crippen LogP contribution < -0.4 is 0 Å². The summed E-state index contributed by atoms with van der Waals surface area (Å²) in [6.07, 6.45) is 0.632. The van der Waals surface area contributed by atoms with Gasteiger partial charge in [0.15, 0.2) is 5.12 Å². The molecule has 2 unspecified atom stereocenters. The Hall–Kier alpha value is -0.160. The molecule has 0 aromatic rings. The van der Waals surface area contributed by atoms with Gasteiger partial charge in [-0.2, -0.15) is 11.8 Å². The van der Waals surface area contributed by atoms with Crippen LogP contribution in [0.2, 0.25) is 0 Å². The van der Waals surface area contributed by atoms with Crippen molar-refractivity contribution in [1.82, 2.24) is 0 Å². The molecule has 74 valence electrons. The number of hydrogen-bond acceptors (Lipinski definition) is 4. The van der Waals surface area contributed by atoms with Crippen LogP contribution in [-0.4, -0.2) is 32.9 Å². The van der Waals surface area contributed by atoms with E-state index < -0.39 is 5.97 Å². The Morgan fingerprint density at radius 3 is 2.69 bits per heavy atom. The lowest BCUT2D eigenvalue weighted by Gasteiger charge is -2.24. The normalized spacial score (nSPS) is 28.4. The Kier molecular flexibility index (Phi) is 4.12. The number of aliphatic carboxylic acids is 1. The first kappa shape index (κ1) is 10.9. The summed E-state index contributed by atoms with van der Waals surface area (Å²) < 4.78 is 0. The summed E-state index contributed by atoms with van der Waals surface area (Å²) in [5.41, 5.74) is 0. The maximum absolute atomic E-state index is 10.8. The van der Waals surface area contributed by atoms with Crippen LogP contribution in [-0.2, 0) is 9.59 Å². The van der Waals surface area contributed by atoms with Crippen molar-refractivity contribution in [3.63, 3.8) is 0 Å². The number of carbonyl (C=O) groups is 2. The number of carboxylic acid groups (broad SMARTS) is 1. The molecule has 1 rings (SSSR count). The first-order valence-electron chi connectivity index (χ1n) is 4.07. The minimum atomic E-state index is -0.735. The molecule has 0 bridgehead atoms. The van der Waals surface area contributed by atoms with Crippen LogP contribution in [0, 0.1) is 5.92 Å². The smallest absolute Gasteiger partial charge is 0.307 e. The van der Waals surface area contributed by atoms with Crippen LogP contribution >= 0.6 is 23.5 Å². The zero-order valence-corrected chi connectivity index (χ0v) is 8.99. The van der Waals surface area contributed by atoms with Gasteiger partial charge in [-0.05, 0) is 6.42 Å². The molecule has 5 heteroatoms. The van der Waals surface area contributed by atoms with Crippen LogP contribution in [0.25, 0.3) is 0 Å². The Morgan fingerprint density at radius 1 is 1.46 bits per heavy atom. The highest BCUT2D eigenvalue weighted by atomic mass is 32.2. The third-order valence-corrected chi connectivity index (χ3v) is 4.36. The van der Waals surface area contributed by atoms with Gasteiger partial charge in [-0.15, -0.1) is 0 Å². The maximum Gasteiger partial charge on any atom is 0.307 e. The van der Waals surface area contributed by atoms with E-state index in [4.69, 9.17) is 5.11 Å². The van der Waals surface area contributed by atoms with Crippen molar-refractivity contribution < 1.29 is 14.7 Å². The molecule has 1 heterocycles. The number of carboxylic acids is 1. The van der Waals surface area contributed by atoms with E-state index in [0.29, 0.717) is 12.2 Å². The molecule has 1 aliphatic heterocycles. The summed E-state index contributed by atoms with van der Waals surface area (Å²) in [7, 11) is 0. The molecule has 1 N–H and O–H groups in total. The Bertz CT molecular complexity index is 217. The first-order chi connectivity index (χ1) is 6.09. The van der Waals surface area contributed by atoms with E-state index in [0.717, 1.165) is 5.75 Å². The highest BCUT2D eigenvalue weighted by molar-refractivity contribution is 8.14. The molecule has 2 atom stereocenters. The second-order valence-electron chi connectivity index (χ2n) is 3.04. The molecule has 1 fully saturated rings. The molecular weight excluding hydrogens is 208 g/mol. The van der Waals surface area contributed by atoms with Gasteiger partial charge in [0.25, 0.3) is 0 Å². The molecule has 0 amide bonds. The summed E-state index contributed by atoms with van der Waals surface area (Å²) in [5, 5.41) is 9.05. The van der Waals surface area contributed by atoms with Crippen molar-refractivity contribution >= 4 is 34.6 Å². The quantitative estimate of drug-likeness (QED) is 0.763. The van der Waals surface area contributed by atoms with Crippen molar-refractivity contribution in [2.45, 2.75) is 18.6 Å². The first-order valence-corrected chi connectivity index (χ1v) is 6.11. The van der Waals surface area contributed by atoms with Crippen molar-refractivity contribution in [1.29, 1.82) is 0 Å². The number of rotatable bonds is 2. The second kappa shape index (κ2) is 4.91. The van der Waals surface area contributed by atoms with Gasteiger partial charge >= 0.3 is 5.97 Å². The summed E-state index contributed by atoms with van der Waals surface area (Å²) >= 11 is 2.90. The summed E-state index contributed by atoms with van der Waals surface area (Å²) in [6.45, 7) is 1.53. The van der Waals surface area contributed by atoms with Crippen molar-refractivity contribution in [2.24, 2.45) is 5.92 Å². The second-order valence-corrected chi connectivity index (χ2v) is 5.59. The zero-order chi connectivity index (χ0) is 9.84. The highest BCUT2D eigenvalue weighted by Crippen LogP contribution is 2.31. The molecule has 0 aromatic carbocycles. The van der Waals surface area contributed by atoms with Crippen molar-refractivity contribution in [2.75, 3.05) is 11.5 Å². The zero-order valence-electron chi connectivity index (χ0n) is 7.36. The topological polar surface area (TPSA) is 54.4 Å². The van der Waals surface area contributed by atoms with Gasteiger partial charge in [-0.1, -0.05) is 11.8 Å². The summed E-state index contributed by atoms with van der Waals surface area (Å²) in [4.78, 5) is 21.5. The Morgan fingerprint density at radius 2 is 2.15 bits per heavy atom. The molecule has 0 spiro atoms. The van der Waals surface area contributed by atoms with E-state index >= 15 is 0 Å². The van der Waals surface area contributed by atoms with Gasteiger partial charge in [-0.25, -0.2) is 0 Å². The summed E-state index contributed by atoms with van der Waals surface area (Å²) in [6, 6.07) is 0. The van der Waals surface area contributed by atoms with Crippen LogP contribution in [0.5, 0.6) is 0 Å². The standard InChI is InChI=1S/C8H12O3S2/c1-5(9)13-7-2-6(8(10)11)3-12-4-7/h6-7H,2-4H2,1H3,(H,10,11). The molecule has 0 radical (unpaired) electrons. The van der Waals surface area contributed by atoms with Gasteiger partial charge in [0.1, 0.15) is 0 Å². The fraction of sp³-hybridized carbons (Fsp3) is 0.750. The molecule has 0 aliphatic carbocycles. The molecule has 1 saturated heterocycles. The maximum atomic E-state index is 10.8. The Labute approximate surface area is 85.7 Å². The predicted molar refractivity (Wildman–Crippen MR) is 55.1 cm³/mol. The van der Waals surface area contributed by atoms with E-state index in [1.54, 1.807) is 11.8 Å².